The van der Waals surface area contributed by atoms with Crippen LogP contribution in [0, 0.1) is 0 Å². The second-order valence-corrected chi connectivity index (χ2v) is 6.00. The van der Waals surface area contributed by atoms with Gasteiger partial charge in [-0.05, 0) is 18.6 Å². The molecule has 2 aliphatic heterocycles. The van der Waals surface area contributed by atoms with Crippen LogP contribution in [-0.4, -0.2) is 57.1 Å². The van der Waals surface area contributed by atoms with Crippen molar-refractivity contribution in [2.24, 2.45) is 0 Å². The van der Waals surface area contributed by atoms with E-state index in [0.29, 0.717) is 0 Å². The van der Waals surface area contributed by atoms with Crippen molar-refractivity contribution in [2.45, 2.75) is 19.1 Å². The van der Waals surface area contributed by atoms with Crippen LogP contribution in [0.2, 0.25) is 5.02 Å². The molecule has 2 saturated heterocycles. The van der Waals surface area contributed by atoms with Crippen LogP contribution in [0.1, 0.15) is 12.8 Å². The van der Waals surface area contributed by atoms with Crippen LogP contribution in [0.5, 0.6) is 0 Å². The molecule has 3 rings (SSSR count). The van der Waals surface area contributed by atoms with Gasteiger partial charge in [0, 0.05) is 39.1 Å². The van der Waals surface area contributed by atoms with E-state index < -0.39 is 0 Å². The molecule has 0 unspecified atom stereocenters. The summed E-state index contributed by atoms with van der Waals surface area (Å²) < 4.78 is 11.2. The number of hydrogen-bond acceptors (Lipinski definition) is 4. The molecule has 2 fully saturated rings. The Morgan fingerprint density at radius 3 is 2.48 bits per heavy atom. The number of benzene rings is 1. The average molecular weight is 311 g/mol. The highest BCUT2D eigenvalue weighted by Crippen LogP contribution is 2.26. The molecular weight excluding hydrogens is 288 g/mol. The van der Waals surface area contributed by atoms with Crippen molar-refractivity contribution in [3.63, 3.8) is 0 Å². The zero-order valence-electron chi connectivity index (χ0n) is 12.3. The maximum Gasteiger partial charge on any atom is 0.158 e. The molecule has 0 aliphatic carbocycles. The van der Waals surface area contributed by atoms with Gasteiger partial charge < -0.3 is 14.4 Å². The predicted octanol–water partition coefficient (Wildman–Crippen LogP) is 2.62. The van der Waals surface area contributed by atoms with Crippen molar-refractivity contribution in [3.05, 3.63) is 29.3 Å². The summed E-state index contributed by atoms with van der Waals surface area (Å²) in [6.07, 6.45) is 1.99. The lowest BCUT2D eigenvalue weighted by Gasteiger charge is -2.37. The summed E-state index contributed by atoms with van der Waals surface area (Å²) in [5.74, 6) is 0. The third-order valence-electron chi connectivity index (χ3n) is 4.14. The fourth-order valence-electron chi connectivity index (χ4n) is 2.91. The van der Waals surface area contributed by atoms with Crippen molar-refractivity contribution in [3.8, 4) is 0 Å². The fraction of sp³-hybridized carbons (Fsp3) is 0.625. The van der Waals surface area contributed by atoms with E-state index in [9.17, 15) is 0 Å². The van der Waals surface area contributed by atoms with Crippen LogP contribution in [0.15, 0.2) is 24.3 Å². The molecule has 0 aromatic heterocycles. The first kappa shape index (κ1) is 15.1. The second-order valence-electron chi connectivity index (χ2n) is 5.59. The molecule has 0 spiro atoms. The average Bonchev–Trinajstić information content (AvgIpc) is 2.55. The Hall–Kier alpha value is -0.810. The minimum atomic E-state index is 0.000322. The Balaban J connectivity index is 1.43. The summed E-state index contributed by atoms with van der Waals surface area (Å²) in [6.45, 7) is 6.90. The Labute approximate surface area is 131 Å². The summed E-state index contributed by atoms with van der Waals surface area (Å²) >= 11 is 6.27. The Kier molecular flexibility index (Phi) is 5.36. The number of anilines is 1. The standard InChI is InChI=1S/C16H23ClN2O2/c17-14-4-1-2-5-15(14)19-10-8-18(9-11-19)7-6-16-20-12-3-13-21-16/h1-2,4-5,16H,3,6-13H2. The summed E-state index contributed by atoms with van der Waals surface area (Å²) in [4.78, 5) is 4.85. The van der Waals surface area contributed by atoms with Gasteiger partial charge in [-0.3, -0.25) is 4.90 Å². The topological polar surface area (TPSA) is 24.9 Å². The summed E-state index contributed by atoms with van der Waals surface area (Å²) in [5.41, 5.74) is 1.15. The van der Waals surface area contributed by atoms with Crippen LogP contribution in [0.3, 0.4) is 0 Å². The Morgan fingerprint density at radius 2 is 1.76 bits per heavy atom. The largest absolute Gasteiger partial charge is 0.368 e. The molecule has 21 heavy (non-hydrogen) atoms. The highest BCUT2D eigenvalue weighted by Gasteiger charge is 2.20. The lowest BCUT2D eigenvalue weighted by molar-refractivity contribution is -0.182. The van der Waals surface area contributed by atoms with Crippen molar-refractivity contribution >= 4 is 17.3 Å². The molecular formula is C16H23ClN2O2. The SMILES string of the molecule is Clc1ccccc1N1CCN(CCC2OCCCO2)CC1. The Bertz CT molecular complexity index is 444. The van der Waals surface area contributed by atoms with Crippen LogP contribution < -0.4 is 4.90 Å². The van der Waals surface area contributed by atoms with Gasteiger partial charge in [-0.2, -0.15) is 0 Å². The molecule has 0 N–H and O–H groups in total. The van der Waals surface area contributed by atoms with Crippen molar-refractivity contribution in [1.82, 2.24) is 4.90 Å². The van der Waals surface area contributed by atoms with Crippen molar-refractivity contribution in [1.29, 1.82) is 0 Å². The van der Waals surface area contributed by atoms with E-state index in [-0.39, 0.29) is 6.29 Å². The third kappa shape index (κ3) is 4.10. The highest BCUT2D eigenvalue weighted by molar-refractivity contribution is 6.33. The molecule has 0 amide bonds. The van der Waals surface area contributed by atoms with Crippen molar-refractivity contribution in [2.75, 3.05) is 50.8 Å². The molecule has 1 aromatic rings. The molecule has 2 aliphatic rings. The highest BCUT2D eigenvalue weighted by atomic mass is 35.5. The smallest absolute Gasteiger partial charge is 0.158 e. The number of piperazine rings is 1. The molecule has 0 atom stereocenters. The van der Waals surface area contributed by atoms with E-state index in [2.05, 4.69) is 15.9 Å². The van der Waals surface area contributed by atoms with Gasteiger partial charge in [0.15, 0.2) is 6.29 Å². The first-order valence-corrected chi connectivity index (χ1v) is 8.16. The minimum absolute atomic E-state index is 0.000322. The van der Waals surface area contributed by atoms with Gasteiger partial charge in [-0.15, -0.1) is 0 Å². The first-order valence-electron chi connectivity index (χ1n) is 7.78. The minimum Gasteiger partial charge on any atom is -0.368 e. The van der Waals surface area contributed by atoms with E-state index in [4.69, 9.17) is 21.1 Å². The molecule has 2 heterocycles. The molecule has 0 radical (unpaired) electrons. The maximum atomic E-state index is 6.27. The number of para-hydroxylation sites is 1. The van der Waals surface area contributed by atoms with E-state index in [1.54, 1.807) is 0 Å². The predicted molar refractivity (Wildman–Crippen MR) is 85.0 cm³/mol. The van der Waals surface area contributed by atoms with Crippen LogP contribution >= 0.6 is 11.6 Å². The van der Waals surface area contributed by atoms with Gasteiger partial charge in [0.2, 0.25) is 0 Å². The molecule has 0 saturated carbocycles. The zero-order valence-corrected chi connectivity index (χ0v) is 13.1. The number of halogens is 1. The second kappa shape index (κ2) is 7.45. The quantitative estimate of drug-likeness (QED) is 0.853. The molecule has 0 bridgehead atoms. The van der Waals surface area contributed by atoms with Crippen LogP contribution in [0.4, 0.5) is 5.69 Å². The van der Waals surface area contributed by atoms with Gasteiger partial charge in [0.25, 0.3) is 0 Å². The lowest BCUT2D eigenvalue weighted by Crippen LogP contribution is -2.47. The third-order valence-corrected chi connectivity index (χ3v) is 4.46. The summed E-state index contributed by atoms with van der Waals surface area (Å²) in [5, 5.41) is 0.843. The lowest BCUT2D eigenvalue weighted by atomic mass is 10.2. The molecule has 5 heteroatoms. The maximum absolute atomic E-state index is 6.27. The number of hydrogen-bond donors (Lipinski definition) is 0. The summed E-state index contributed by atoms with van der Waals surface area (Å²) in [7, 11) is 0. The molecule has 116 valence electrons. The van der Waals surface area contributed by atoms with E-state index in [0.717, 1.165) is 69.5 Å². The van der Waals surface area contributed by atoms with Crippen LogP contribution in [0.25, 0.3) is 0 Å². The van der Waals surface area contributed by atoms with E-state index in [1.807, 2.05) is 18.2 Å². The number of ether oxygens (including phenoxy) is 2. The zero-order chi connectivity index (χ0) is 14.5. The van der Waals surface area contributed by atoms with E-state index >= 15 is 0 Å². The Morgan fingerprint density at radius 1 is 1.05 bits per heavy atom. The van der Waals surface area contributed by atoms with Gasteiger partial charge in [-0.1, -0.05) is 23.7 Å². The molecule has 1 aromatic carbocycles. The van der Waals surface area contributed by atoms with Crippen molar-refractivity contribution < 1.29 is 9.47 Å². The number of nitrogens with zero attached hydrogens (tertiary/aromatic N) is 2. The van der Waals surface area contributed by atoms with Gasteiger partial charge in [-0.25, -0.2) is 0 Å². The monoisotopic (exact) mass is 310 g/mol. The first-order chi connectivity index (χ1) is 10.3. The van der Waals surface area contributed by atoms with Gasteiger partial charge >= 0.3 is 0 Å². The normalized spacial score (nSPS) is 21.7. The van der Waals surface area contributed by atoms with Gasteiger partial charge in [0.1, 0.15) is 0 Å². The van der Waals surface area contributed by atoms with Crippen LogP contribution in [-0.2, 0) is 9.47 Å². The fourth-order valence-corrected chi connectivity index (χ4v) is 3.17. The molecule has 4 nitrogen and oxygen atoms in total. The number of rotatable bonds is 4. The summed E-state index contributed by atoms with van der Waals surface area (Å²) in [6, 6.07) is 8.08. The van der Waals surface area contributed by atoms with Gasteiger partial charge in [0.05, 0.1) is 23.9 Å². The van der Waals surface area contributed by atoms with E-state index in [1.165, 1.54) is 0 Å².